The van der Waals surface area contributed by atoms with Gasteiger partial charge in [0.2, 0.25) is 11.9 Å². The zero-order valence-electron chi connectivity index (χ0n) is 11.9. The third kappa shape index (κ3) is 5.06. The van der Waals surface area contributed by atoms with Crippen LogP contribution in [0, 0.1) is 0 Å². The Morgan fingerprint density at radius 2 is 2.30 bits per heavy atom. The van der Waals surface area contributed by atoms with Crippen LogP contribution >= 0.6 is 0 Å². The molecule has 112 valence electrons. The number of guanidine groups is 1. The summed E-state index contributed by atoms with van der Waals surface area (Å²) in [5.74, 6) is -0.615. The molecule has 0 aromatic heterocycles. The number of carbonyl (C=O) groups is 2. The third-order valence-electron chi connectivity index (χ3n) is 2.70. The van der Waals surface area contributed by atoms with E-state index in [1.54, 1.807) is 6.92 Å². The zero-order chi connectivity index (χ0) is 15.1. The SMILES string of the molecule is CCC(O)C1=NC(C)C(=O)NC(NC(C)=O)=NCNC1. The second kappa shape index (κ2) is 7.71. The Bertz CT molecular complexity index is 433. The monoisotopic (exact) mass is 283 g/mol. The topological polar surface area (TPSA) is 115 Å². The maximum atomic E-state index is 11.9. The summed E-state index contributed by atoms with van der Waals surface area (Å²) in [7, 11) is 0. The highest BCUT2D eigenvalue weighted by Crippen LogP contribution is 2.00. The summed E-state index contributed by atoms with van der Waals surface area (Å²) >= 11 is 0. The molecule has 1 aliphatic heterocycles. The molecule has 0 radical (unpaired) electrons. The molecule has 1 aliphatic rings. The number of carbonyl (C=O) groups excluding carboxylic acids is 2. The van der Waals surface area contributed by atoms with Gasteiger partial charge in [-0.3, -0.25) is 30.5 Å². The first-order chi connectivity index (χ1) is 9.43. The van der Waals surface area contributed by atoms with Crippen molar-refractivity contribution in [1.29, 1.82) is 0 Å². The fourth-order valence-electron chi connectivity index (χ4n) is 1.61. The van der Waals surface area contributed by atoms with E-state index in [0.29, 0.717) is 18.7 Å². The molecular formula is C12H21N5O3. The maximum absolute atomic E-state index is 11.9. The number of aliphatic hydroxyl groups is 1. The van der Waals surface area contributed by atoms with E-state index in [-0.39, 0.29) is 24.4 Å². The van der Waals surface area contributed by atoms with Crippen LogP contribution in [-0.4, -0.2) is 54.0 Å². The van der Waals surface area contributed by atoms with Crippen molar-refractivity contribution >= 4 is 23.5 Å². The number of nitrogens with one attached hydrogen (secondary N) is 3. The van der Waals surface area contributed by atoms with Crippen molar-refractivity contribution in [3.05, 3.63) is 0 Å². The third-order valence-corrected chi connectivity index (χ3v) is 2.70. The Hall–Kier alpha value is -1.80. The number of amides is 2. The molecule has 0 aromatic rings. The minimum absolute atomic E-state index is 0.0940. The molecule has 0 aliphatic carbocycles. The molecule has 2 atom stereocenters. The van der Waals surface area contributed by atoms with Gasteiger partial charge in [-0.25, -0.2) is 4.99 Å². The summed E-state index contributed by atoms with van der Waals surface area (Å²) in [6.45, 7) is 5.32. The summed E-state index contributed by atoms with van der Waals surface area (Å²) in [5.41, 5.74) is 0.522. The molecule has 0 fully saturated rings. The lowest BCUT2D eigenvalue weighted by molar-refractivity contribution is -0.120. The molecule has 4 N–H and O–H groups in total. The Morgan fingerprint density at radius 1 is 1.60 bits per heavy atom. The zero-order valence-corrected chi connectivity index (χ0v) is 11.9. The van der Waals surface area contributed by atoms with Gasteiger partial charge in [0.15, 0.2) is 0 Å². The standard InChI is InChI=1S/C12H21N5O3/c1-4-10(19)9-5-13-6-14-12(16-8(3)18)17-11(20)7(2)15-9/h7,10,13,19H,4-6H2,1-3H3,(H2,14,16,17,18,20). The summed E-state index contributed by atoms with van der Waals surface area (Å²) in [5, 5.41) is 17.8. The average Bonchev–Trinajstić information content (AvgIpc) is 2.39. The van der Waals surface area contributed by atoms with Crippen molar-refractivity contribution < 1.29 is 14.7 Å². The van der Waals surface area contributed by atoms with Crippen LogP contribution in [0.1, 0.15) is 27.2 Å². The molecular weight excluding hydrogens is 262 g/mol. The van der Waals surface area contributed by atoms with Gasteiger partial charge in [0.1, 0.15) is 6.04 Å². The van der Waals surface area contributed by atoms with Gasteiger partial charge in [-0.1, -0.05) is 6.92 Å². The molecule has 8 heteroatoms. The normalized spacial score (nSPS) is 22.2. The summed E-state index contributed by atoms with van der Waals surface area (Å²) in [6.07, 6.45) is -0.161. The summed E-state index contributed by atoms with van der Waals surface area (Å²) in [4.78, 5) is 31.2. The lowest BCUT2D eigenvalue weighted by Crippen LogP contribution is -2.48. The fraction of sp³-hybridized carbons (Fsp3) is 0.667. The average molecular weight is 283 g/mol. The van der Waals surface area contributed by atoms with E-state index >= 15 is 0 Å². The van der Waals surface area contributed by atoms with Gasteiger partial charge in [0.05, 0.1) is 18.5 Å². The first-order valence-electron chi connectivity index (χ1n) is 6.52. The van der Waals surface area contributed by atoms with E-state index in [1.165, 1.54) is 6.92 Å². The van der Waals surface area contributed by atoms with Crippen LogP contribution in [0.15, 0.2) is 9.98 Å². The molecule has 1 rings (SSSR count). The van der Waals surface area contributed by atoms with Crippen LogP contribution in [0.3, 0.4) is 0 Å². The van der Waals surface area contributed by atoms with Crippen LogP contribution < -0.4 is 16.0 Å². The van der Waals surface area contributed by atoms with Crippen molar-refractivity contribution in [2.24, 2.45) is 9.98 Å². The molecule has 0 aromatic carbocycles. The van der Waals surface area contributed by atoms with Gasteiger partial charge < -0.3 is 5.11 Å². The van der Waals surface area contributed by atoms with Crippen molar-refractivity contribution in [2.45, 2.75) is 39.3 Å². The maximum Gasteiger partial charge on any atom is 0.251 e. The molecule has 2 unspecified atom stereocenters. The molecule has 0 bridgehead atoms. The Labute approximate surface area is 117 Å². The van der Waals surface area contributed by atoms with Gasteiger partial charge in [-0.05, 0) is 13.3 Å². The highest BCUT2D eigenvalue weighted by atomic mass is 16.3. The van der Waals surface area contributed by atoms with Crippen LogP contribution in [-0.2, 0) is 9.59 Å². The largest absolute Gasteiger partial charge is 0.387 e. The van der Waals surface area contributed by atoms with Crippen LogP contribution in [0.5, 0.6) is 0 Å². The van der Waals surface area contributed by atoms with Crippen LogP contribution in [0.2, 0.25) is 0 Å². The van der Waals surface area contributed by atoms with Crippen molar-refractivity contribution in [3.63, 3.8) is 0 Å². The first-order valence-corrected chi connectivity index (χ1v) is 6.52. The molecule has 2 amide bonds. The molecule has 0 saturated carbocycles. The lowest BCUT2D eigenvalue weighted by atomic mass is 10.1. The van der Waals surface area contributed by atoms with Gasteiger partial charge in [0.25, 0.3) is 5.91 Å². The summed E-state index contributed by atoms with van der Waals surface area (Å²) < 4.78 is 0. The van der Waals surface area contributed by atoms with Gasteiger partial charge >= 0.3 is 0 Å². The number of nitrogens with zero attached hydrogens (tertiary/aromatic N) is 2. The summed E-state index contributed by atoms with van der Waals surface area (Å²) in [6, 6.07) is -0.676. The number of rotatable bonds is 2. The van der Waals surface area contributed by atoms with E-state index in [1.807, 2.05) is 6.92 Å². The van der Waals surface area contributed by atoms with E-state index in [9.17, 15) is 14.7 Å². The highest BCUT2D eigenvalue weighted by Gasteiger charge is 2.19. The highest BCUT2D eigenvalue weighted by molar-refractivity contribution is 6.06. The van der Waals surface area contributed by atoms with Crippen molar-refractivity contribution in [1.82, 2.24) is 16.0 Å². The fourth-order valence-corrected chi connectivity index (χ4v) is 1.61. The molecule has 8 nitrogen and oxygen atoms in total. The molecule has 1 heterocycles. The first kappa shape index (κ1) is 16.3. The second-order valence-corrected chi connectivity index (χ2v) is 4.48. The van der Waals surface area contributed by atoms with E-state index < -0.39 is 12.1 Å². The Kier molecular flexibility index (Phi) is 6.26. The van der Waals surface area contributed by atoms with E-state index in [2.05, 4.69) is 25.9 Å². The predicted molar refractivity (Wildman–Crippen MR) is 75.5 cm³/mol. The van der Waals surface area contributed by atoms with Crippen LogP contribution in [0.25, 0.3) is 0 Å². The second-order valence-electron chi connectivity index (χ2n) is 4.48. The molecule has 20 heavy (non-hydrogen) atoms. The Morgan fingerprint density at radius 3 is 2.90 bits per heavy atom. The van der Waals surface area contributed by atoms with E-state index in [0.717, 1.165) is 0 Å². The number of hydrogen-bond donors (Lipinski definition) is 4. The van der Waals surface area contributed by atoms with Gasteiger partial charge in [-0.2, -0.15) is 0 Å². The molecule has 0 spiro atoms. The van der Waals surface area contributed by atoms with Crippen molar-refractivity contribution in [3.8, 4) is 0 Å². The lowest BCUT2D eigenvalue weighted by Gasteiger charge is -2.18. The molecule has 0 saturated heterocycles. The minimum atomic E-state index is -0.684. The van der Waals surface area contributed by atoms with Crippen LogP contribution in [0.4, 0.5) is 0 Å². The smallest absolute Gasteiger partial charge is 0.251 e. The van der Waals surface area contributed by atoms with E-state index in [4.69, 9.17) is 0 Å². The van der Waals surface area contributed by atoms with Gasteiger partial charge in [-0.15, -0.1) is 0 Å². The number of hydrogen-bond acceptors (Lipinski definition) is 6. The Balaban J connectivity index is 2.86. The number of aliphatic imine (C=N–C) groups is 2. The minimum Gasteiger partial charge on any atom is -0.387 e. The predicted octanol–water partition coefficient (Wildman–Crippen LogP) is -1.24. The quantitative estimate of drug-likeness (QED) is 0.507. The van der Waals surface area contributed by atoms with Crippen molar-refractivity contribution in [2.75, 3.05) is 13.2 Å². The van der Waals surface area contributed by atoms with Gasteiger partial charge in [0, 0.05) is 13.5 Å². The number of aliphatic hydroxyl groups excluding tert-OH is 1.